The van der Waals surface area contributed by atoms with Crippen LogP contribution in [0.25, 0.3) is 0 Å². The lowest BCUT2D eigenvalue weighted by molar-refractivity contribution is -0.118. The predicted molar refractivity (Wildman–Crippen MR) is 74.5 cm³/mol. The average molecular weight is 359 g/mol. The Morgan fingerprint density at radius 3 is 2.29 bits per heavy atom. The summed E-state index contributed by atoms with van der Waals surface area (Å²) in [6, 6.07) is 0. The normalized spacial score (nSPS) is 10.5. The van der Waals surface area contributed by atoms with Gasteiger partial charge in [0.25, 0.3) is 0 Å². The summed E-state index contributed by atoms with van der Waals surface area (Å²) < 4.78 is 11.1. The van der Waals surface area contributed by atoms with Crippen LogP contribution in [0.4, 0.5) is 0 Å². The lowest BCUT2D eigenvalue weighted by atomic mass is 10.3. The van der Waals surface area contributed by atoms with Crippen LogP contribution in [-0.4, -0.2) is 55.0 Å². The molecule has 0 radical (unpaired) electrons. The van der Waals surface area contributed by atoms with Crippen molar-refractivity contribution in [3.63, 3.8) is 0 Å². The summed E-state index contributed by atoms with van der Waals surface area (Å²) in [7, 11) is 0. The lowest BCUT2D eigenvalue weighted by Crippen LogP contribution is -2.25. The van der Waals surface area contributed by atoms with E-state index in [0.717, 1.165) is 19.4 Å². The molecule has 0 saturated carbocycles. The first-order chi connectivity index (χ1) is 8.31. The third kappa shape index (κ3) is 14.0. The van der Waals surface area contributed by atoms with Crippen molar-refractivity contribution in [2.45, 2.75) is 19.3 Å². The third-order valence-electron chi connectivity index (χ3n) is 1.98. The zero-order valence-electron chi connectivity index (χ0n) is 10.1. The molecule has 0 aliphatic carbocycles. The standard InChI is InChI=1S/C11H22INO4/c12-10-11(15)13-4-1-2-6-16-8-9-17-7-3-5-14/h14H,1-10H2,(H,13,15). The number of unbranched alkanes of at least 4 members (excludes halogenated alkanes) is 1. The molecule has 0 spiro atoms. The summed E-state index contributed by atoms with van der Waals surface area (Å²) in [5.74, 6) is 0.0869. The van der Waals surface area contributed by atoms with E-state index in [2.05, 4.69) is 5.32 Å². The van der Waals surface area contributed by atoms with E-state index in [9.17, 15) is 4.79 Å². The maximum atomic E-state index is 10.9. The second-order valence-corrected chi connectivity index (χ2v) is 4.26. The van der Waals surface area contributed by atoms with E-state index in [1.165, 1.54) is 0 Å². The number of ether oxygens (including phenoxy) is 2. The van der Waals surface area contributed by atoms with Gasteiger partial charge in [-0.3, -0.25) is 4.79 Å². The zero-order valence-corrected chi connectivity index (χ0v) is 12.3. The Morgan fingerprint density at radius 1 is 1.06 bits per heavy atom. The molecule has 0 atom stereocenters. The molecule has 0 saturated heterocycles. The predicted octanol–water partition coefficient (Wildman–Crippen LogP) is 0.733. The highest BCUT2D eigenvalue weighted by Gasteiger charge is 1.96. The molecule has 6 heteroatoms. The van der Waals surface area contributed by atoms with Crippen LogP contribution in [-0.2, 0) is 14.3 Å². The Hall–Kier alpha value is 0.0800. The second kappa shape index (κ2) is 14.1. The fourth-order valence-electron chi connectivity index (χ4n) is 1.09. The van der Waals surface area contributed by atoms with E-state index < -0.39 is 0 Å². The number of alkyl halides is 1. The Morgan fingerprint density at radius 2 is 1.71 bits per heavy atom. The average Bonchev–Trinajstić information content (AvgIpc) is 2.35. The number of amides is 1. The first kappa shape index (κ1) is 17.1. The van der Waals surface area contributed by atoms with Crippen LogP contribution in [0, 0.1) is 0 Å². The molecule has 0 aromatic heterocycles. The molecular formula is C11H22INO4. The number of aliphatic hydroxyl groups excluding tert-OH is 1. The van der Waals surface area contributed by atoms with Crippen molar-refractivity contribution < 1.29 is 19.4 Å². The first-order valence-corrected chi connectivity index (χ1v) is 7.43. The summed E-state index contributed by atoms with van der Waals surface area (Å²) in [4.78, 5) is 10.9. The molecule has 0 fully saturated rings. The van der Waals surface area contributed by atoms with Crippen LogP contribution in [0.5, 0.6) is 0 Å². The van der Waals surface area contributed by atoms with Crippen LogP contribution in [0.2, 0.25) is 0 Å². The van der Waals surface area contributed by atoms with Gasteiger partial charge in [0.15, 0.2) is 0 Å². The highest BCUT2D eigenvalue weighted by molar-refractivity contribution is 14.1. The Labute approximate surface area is 116 Å². The van der Waals surface area contributed by atoms with Gasteiger partial charge >= 0.3 is 0 Å². The molecule has 0 rings (SSSR count). The Bertz CT molecular complexity index is 181. The molecule has 0 unspecified atom stereocenters. The number of nitrogens with one attached hydrogen (secondary N) is 1. The van der Waals surface area contributed by atoms with Crippen molar-refractivity contribution in [1.82, 2.24) is 5.32 Å². The number of hydrogen-bond donors (Lipinski definition) is 2. The van der Waals surface area contributed by atoms with Gasteiger partial charge < -0.3 is 19.9 Å². The fourth-order valence-corrected chi connectivity index (χ4v) is 1.36. The van der Waals surface area contributed by atoms with Gasteiger partial charge in [0.2, 0.25) is 5.91 Å². The largest absolute Gasteiger partial charge is 0.396 e. The topological polar surface area (TPSA) is 67.8 Å². The van der Waals surface area contributed by atoms with Crippen molar-refractivity contribution in [1.29, 1.82) is 0 Å². The molecule has 17 heavy (non-hydrogen) atoms. The SMILES string of the molecule is O=C(CI)NCCCCOCCOCCCO. The van der Waals surface area contributed by atoms with Crippen LogP contribution < -0.4 is 5.32 Å². The second-order valence-electron chi connectivity index (χ2n) is 3.49. The maximum absolute atomic E-state index is 10.9. The van der Waals surface area contributed by atoms with E-state index in [-0.39, 0.29) is 12.5 Å². The summed E-state index contributed by atoms with van der Waals surface area (Å²) in [5, 5.41) is 11.3. The minimum atomic E-state index is 0.0869. The molecule has 0 aromatic rings. The van der Waals surface area contributed by atoms with Gasteiger partial charge in [-0.2, -0.15) is 0 Å². The van der Waals surface area contributed by atoms with Crippen molar-refractivity contribution in [2.75, 3.05) is 44.0 Å². The van der Waals surface area contributed by atoms with E-state index >= 15 is 0 Å². The van der Waals surface area contributed by atoms with Crippen LogP contribution in [0.15, 0.2) is 0 Å². The number of carbonyl (C=O) groups is 1. The summed E-state index contributed by atoms with van der Waals surface area (Å²) in [5.41, 5.74) is 0. The summed E-state index contributed by atoms with van der Waals surface area (Å²) in [6.07, 6.45) is 2.56. The molecule has 0 aliphatic rings. The van der Waals surface area contributed by atoms with Crippen molar-refractivity contribution >= 4 is 28.5 Å². The quantitative estimate of drug-likeness (QED) is 0.306. The smallest absolute Gasteiger partial charge is 0.229 e. The van der Waals surface area contributed by atoms with Gasteiger partial charge in [-0.15, -0.1) is 0 Å². The highest BCUT2D eigenvalue weighted by Crippen LogP contribution is 1.90. The molecule has 1 amide bonds. The van der Waals surface area contributed by atoms with E-state index in [4.69, 9.17) is 14.6 Å². The minimum Gasteiger partial charge on any atom is -0.396 e. The Kier molecular flexibility index (Phi) is 14.2. The lowest BCUT2D eigenvalue weighted by Gasteiger charge is -2.05. The number of halogens is 1. The van der Waals surface area contributed by atoms with Gasteiger partial charge in [0.1, 0.15) is 0 Å². The molecule has 0 aromatic carbocycles. The van der Waals surface area contributed by atoms with Crippen LogP contribution >= 0.6 is 22.6 Å². The number of aliphatic hydroxyl groups is 1. The van der Waals surface area contributed by atoms with Crippen molar-refractivity contribution in [3.05, 3.63) is 0 Å². The fraction of sp³-hybridized carbons (Fsp3) is 0.909. The van der Waals surface area contributed by atoms with E-state index in [1.807, 2.05) is 22.6 Å². The van der Waals surface area contributed by atoms with E-state index in [0.29, 0.717) is 37.3 Å². The van der Waals surface area contributed by atoms with Crippen LogP contribution in [0.1, 0.15) is 19.3 Å². The first-order valence-electron chi connectivity index (χ1n) is 5.90. The molecule has 5 nitrogen and oxygen atoms in total. The summed E-state index contributed by atoms with van der Waals surface area (Å²) >= 11 is 2.04. The van der Waals surface area contributed by atoms with Gasteiger partial charge in [0.05, 0.1) is 17.6 Å². The summed E-state index contributed by atoms with van der Waals surface area (Å²) in [6.45, 7) is 3.34. The van der Waals surface area contributed by atoms with Gasteiger partial charge in [0, 0.05) is 26.4 Å². The van der Waals surface area contributed by atoms with Crippen LogP contribution in [0.3, 0.4) is 0 Å². The van der Waals surface area contributed by atoms with Gasteiger partial charge in [-0.25, -0.2) is 0 Å². The number of hydrogen-bond acceptors (Lipinski definition) is 4. The van der Waals surface area contributed by atoms with Gasteiger partial charge in [-0.1, -0.05) is 22.6 Å². The minimum absolute atomic E-state index is 0.0869. The number of carbonyl (C=O) groups excluding carboxylic acids is 1. The van der Waals surface area contributed by atoms with Crippen molar-refractivity contribution in [3.8, 4) is 0 Å². The zero-order chi connectivity index (χ0) is 12.8. The Balaban J connectivity index is 2.96. The monoisotopic (exact) mass is 359 g/mol. The maximum Gasteiger partial charge on any atom is 0.229 e. The highest BCUT2D eigenvalue weighted by atomic mass is 127. The molecule has 102 valence electrons. The molecule has 0 bridgehead atoms. The van der Waals surface area contributed by atoms with Crippen molar-refractivity contribution in [2.24, 2.45) is 0 Å². The molecule has 2 N–H and O–H groups in total. The molecular weight excluding hydrogens is 337 g/mol. The molecule has 0 heterocycles. The van der Waals surface area contributed by atoms with Gasteiger partial charge in [-0.05, 0) is 19.3 Å². The number of rotatable bonds is 12. The van der Waals surface area contributed by atoms with E-state index in [1.54, 1.807) is 0 Å². The molecule has 0 aliphatic heterocycles. The third-order valence-corrected chi connectivity index (χ3v) is 2.67.